The fraction of sp³-hybridized carbons (Fsp3) is 0.350. The van der Waals surface area contributed by atoms with Crippen molar-refractivity contribution < 1.29 is 18.0 Å². The first-order chi connectivity index (χ1) is 14.7. The molecule has 1 aliphatic carbocycles. The minimum atomic E-state index is -4.77. The van der Waals surface area contributed by atoms with E-state index in [2.05, 4.69) is 20.6 Å². The molecule has 3 aromatic rings. The van der Waals surface area contributed by atoms with E-state index in [0.29, 0.717) is 6.54 Å². The highest BCUT2D eigenvalue weighted by Crippen LogP contribution is 2.40. The quantitative estimate of drug-likeness (QED) is 0.624. The molecule has 1 aromatic carbocycles. The van der Waals surface area contributed by atoms with Crippen molar-refractivity contribution in [2.24, 2.45) is 0 Å². The molecule has 1 saturated carbocycles. The normalized spacial score (nSPS) is 13.9. The van der Waals surface area contributed by atoms with Gasteiger partial charge in [-0.05, 0) is 31.4 Å². The van der Waals surface area contributed by atoms with Gasteiger partial charge in [0, 0.05) is 12.5 Å². The zero-order chi connectivity index (χ0) is 22.2. The summed E-state index contributed by atoms with van der Waals surface area (Å²) in [6.45, 7) is 1.97. The molecular formula is C20H18F3N5O2S. The van der Waals surface area contributed by atoms with E-state index < -0.39 is 23.2 Å². The lowest BCUT2D eigenvalue weighted by Gasteiger charge is -2.11. The summed E-state index contributed by atoms with van der Waals surface area (Å²) in [7, 11) is 0. The molecule has 7 nitrogen and oxygen atoms in total. The number of alkyl halides is 3. The van der Waals surface area contributed by atoms with Crippen molar-refractivity contribution >= 4 is 17.2 Å². The summed E-state index contributed by atoms with van der Waals surface area (Å²) < 4.78 is 40.6. The number of aromatic nitrogens is 4. The summed E-state index contributed by atoms with van der Waals surface area (Å²) in [5.74, 6) is -0.516. The summed E-state index contributed by atoms with van der Waals surface area (Å²) in [5, 5.41) is 14.7. The van der Waals surface area contributed by atoms with E-state index in [-0.39, 0.29) is 28.2 Å². The van der Waals surface area contributed by atoms with Crippen molar-refractivity contribution in [3.8, 4) is 0 Å². The summed E-state index contributed by atoms with van der Waals surface area (Å²) in [4.78, 5) is 24.6. The van der Waals surface area contributed by atoms with Crippen LogP contribution < -0.4 is 10.9 Å². The second-order valence-corrected chi connectivity index (χ2v) is 8.45. The number of nitrogens with one attached hydrogen (secondary N) is 1. The second-order valence-electron chi connectivity index (χ2n) is 7.39. The molecule has 0 unspecified atom stereocenters. The van der Waals surface area contributed by atoms with Crippen LogP contribution in [-0.2, 0) is 19.3 Å². The first-order valence-electron chi connectivity index (χ1n) is 9.56. The monoisotopic (exact) mass is 449 g/mol. The Morgan fingerprint density at radius 3 is 2.58 bits per heavy atom. The van der Waals surface area contributed by atoms with E-state index in [9.17, 15) is 22.8 Å². The lowest BCUT2D eigenvalue weighted by atomic mass is 10.1. The maximum atomic E-state index is 13.3. The van der Waals surface area contributed by atoms with Crippen LogP contribution in [0.2, 0.25) is 0 Å². The molecule has 0 aliphatic heterocycles. The molecule has 0 bridgehead atoms. The number of benzene rings is 1. The molecule has 1 aliphatic rings. The van der Waals surface area contributed by atoms with Crippen LogP contribution in [0.4, 0.5) is 13.2 Å². The number of halogens is 3. The van der Waals surface area contributed by atoms with Gasteiger partial charge in [0.1, 0.15) is 10.6 Å². The molecule has 162 valence electrons. The number of amides is 1. The Balaban J connectivity index is 1.49. The number of carbonyl (C=O) groups excluding carboxylic acids is 1. The van der Waals surface area contributed by atoms with Gasteiger partial charge < -0.3 is 5.32 Å². The highest BCUT2D eigenvalue weighted by Gasteiger charge is 2.37. The number of nitrogens with zero attached hydrogens (tertiary/aromatic N) is 4. The predicted molar refractivity (Wildman–Crippen MR) is 107 cm³/mol. The Hall–Kier alpha value is -3.08. The molecule has 0 atom stereocenters. The molecule has 0 spiro atoms. The number of hydrogen-bond acceptors (Lipinski definition) is 6. The average Bonchev–Trinajstić information content (AvgIpc) is 3.46. The highest BCUT2D eigenvalue weighted by molar-refractivity contribution is 7.13. The summed E-state index contributed by atoms with van der Waals surface area (Å²) >= 11 is 0.910. The van der Waals surface area contributed by atoms with E-state index in [4.69, 9.17) is 0 Å². The van der Waals surface area contributed by atoms with Crippen LogP contribution in [0.15, 0.2) is 35.1 Å². The van der Waals surface area contributed by atoms with Gasteiger partial charge >= 0.3 is 6.18 Å². The van der Waals surface area contributed by atoms with Crippen LogP contribution in [-0.4, -0.2) is 25.9 Å². The van der Waals surface area contributed by atoms with Crippen LogP contribution >= 0.6 is 11.3 Å². The number of rotatable bonds is 6. The molecule has 0 saturated heterocycles. The third-order valence-corrected chi connectivity index (χ3v) is 5.72. The second kappa shape index (κ2) is 8.22. The zero-order valence-corrected chi connectivity index (χ0v) is 17.3. The first kappa shape index (κ1) is 21.2. The fourth-order valence-corrected chi connectivity index (χ4v) is 3.69. The molecule has 2 aromatic heterocycles. The van der Waals surface area contributed by atoms with E-state index >= 15 is 0 Å². The molecule has 2 heterocycles. The van der Waals surface area contributed by atoms with Crippen molar-refractivity contribution in [2.45, 2.75) is 44.9 Å². The molecule has 31 heavy (non-hydrogen) atoms. The van der Waals surface area contributed by atoms with Gasteiger partial charge in [0.15, 0.2) is 0 Å². The Morgan fingerprint density at radius 1 is 1.23 bits per heavy atom. The molecule has 1 fully saturated rings. The van der Waals surface area contributed by atoms with Crippen molar-refractivity contribution in [2.75, 3.05) is 0 Å². The van der Waals surface area contributed by atoms with E-state index in [1.807, 2.05) is 31.2 Å². The van der Waals surface area contributed by atoms with Crippen LogP contribution in [0.5, 0.6) is 0 Å². The van der Waals surface area contributed by atoms with Gasteiger partial charge in [-0.1, -0.05) is 41.2 Å². The number of aryl methyl sites for hydroxylation is 1. The third-order valence-electron chi connectivity index (χ3n) is 4.81. The van der Waals surface area contributed by atoms with Gasteiger partial charge in [0.05, 0.1) is 12.2 Å². The predicted octanol–water partition coefficient (Wildman–Crippen LogP) is 3.28. The van der Waals surface area contributed by atoms with Gasteiger partial charge in [0.25, 0.3) is 11.5 Å². The van der Waals surface area contributed by atoms with Gasteiger partial charge in [-0.3, -0.25) is 9.59 Å². The van der Waals surface area contributed by atoms with Gasteiger partial charge in [-0.2, -0.15) is 18.3 Å². The Bertz CT molecular complexity index is 1170. The summed E-state index contributed by atoms with van der Waals surface area (Å²) in [6, 6.07) is 8.48. The van der Waals surface area contributed by atoms with Crippen LogP contribution in [0.3, 0.4) is 0 Å². The van der Waals surface area contributed by atoms with Crippen molar-refractivity contribution in [1.29, 1.82) is 0 Å². The summed E-state index contributed by atoms with van der Waals surface area (Å²) in [5.41, 5.74) is -0.224. The van der Waals surface area contributed by atoms with Crippen molar-refractivity contribution in [1.82, 2.24) is 25.3 Å². The molecule has 0 radical (unpaired) electrons. The van der Waals surface area contributed by atoms with Crippen LogP contribution in [0, 0.1) is 6.92 Å². The van der Waals surface area contributed by atoms with Crippen molar-refractivity contribution in [3.63, 3.8) is 0 Å². The average molecular weight is 449 g/mol. The van der Waals surface area contributed by atoms with E-state index in [1.165, 1.54) is 0 Å². The van der Waals surface area contributed by atoms with Crippen molar-refractivity contribution in [3.05, 3.63) is 73.1 Å². The Labute approximate surface area is 178 Å². The molecule has 11 heteroatoms. The molecule has 1 amide bonds. The van der Waals surface area contributed by atoms with E-state index in [0.717, 1.165) is 46.1 Å². The maximum Gasteiger partial charge on any atom is 0.421 e. The standard InChI is InChI=1S/C20H18F3N5O2S/c1-11-2-4-12(5-3-11)9-24-17(29)18-26-25-16(31-18)10-28-19(30)14(20(21,22)23)8-15(27-28)13-6-7-13/h2-5,8,13H,6-7,9-10H2,1H3,(H,24,29). The number of carbonyl (C=O) groups is 1. The van der Waals surface area contributed by atoms with Crippen LogP contribution in [0.1, 0.15) is 56.0 Å². The zero-order valence-electron chi connectivity index (χ0n) is 16.4. The SMILES string of the molecule is Cc1ccc(CNC(=O)c2nnc(Cn3nc(C4CC4)cc(C(F)(F)F)c3=O)s2)cc1. The summed E-state index contributed by atoms with van der Waals surface area (Å²) in [6.07, 6.45) is -3.28. The number of hydrogen-bond donors (Lipinski definition) is 1. The molecule has 1 N–H and O–H groups in total. The maximum absolute atomic E-state index is 13.3. The van der Waals surface area contributed by atoms with Crippen LogP contribution in [0.25, 0.3) is 0 Å². The van der Waals surface area contributed by atoms with Gasteiger partial charge in [0.2, 0.25) is 5.01 Å². The smallest absolute Gasteiger partial charge is 0.346 e. The minimum absolute atomic E-state index is 0.0598. The third kappa shape index (κ3) is 4.98. The fourth-order valence-electron chi connectivity index (χ4n) is 2.95. The Kier molecular flexibility index (Phi) is 5.61. The Morgan fingerprint density at radius 2 is 1.94 bits per heavy atom. The minimum Gasteiger partial charge on any atom is -0.346 e. The van der Waals surface area contributed by atoms with Gasteiger partial charge in [-0.25, -0.2) is 4.68 Å². The topological polar surface area (TPSA) is 89.8 Å². The molecule has 4 rings (SSSR count). The highest BCUT2D eigenvalue weighted by atomic mass is 32.1. The van der Waals surface area contributed by atoms with Gasteiger partial charge in [-0.15, -0.1) is 10.2 Å². The lowest BCUT2D eigenvalue weighted by Crippen LogP contribution is -2.31. The lowest BCUT2D eigenvalue weighted by molar-refractivity contribution is -0.139. The largest absolute Gasteiger partial charge is 0.421 e. The first-order valence-corrected chi connectivity index (χ1v) is 10.4. The van der Waals surface area contributed by atoms with E-state index in [1.54, 1.807) is 0 Å². The molecular weight excluding hydrogens is 431 g/mol.